The summed E-state index contributed by atoms with van der Waals surface area (Å²) in [4.78, 5) is 0. The first-order valence-electron chi connectivity index (χ1n) is 5.41. The molecule has 1 unspecified atom stereocenters. The molecule has 1 aromatic heterocycles. The van der Waals surface area contributed by atoms with Gasteiger partial charge in [-0.2, -0.15) is 5.26 Å². The lowest BCUT2D eigenvalue weighted by Crippen LogP contribution is -2.17. The van der Waals surface area contributed by atoms with Crippen LogP contribution in [0.15, 0.2) is 30.5 Å². The Labute approximate surface area is 95.1 Å². The SMILES string of the molecule is CC(N)Cc1cccc2c1ccn2CC#N. The molecular formula is C13H15N3. The Kier molecular flexibility index (Phi) is 2.93. The maximum Gasteiger partial charge on any atom is 0.110 e. The number of hydrogen-bond acceptors (Lipinski definition) is 2. The third kappa shape index (κ3) is 1.93. The maximum atomic E-state index is 8.72. The van der Waals surface area contributed by atoms with Crippen LogP contribution in [0.25, 0.3) is 10.9 Å². The zero-order valence-electron chi connectivity index (χ0n) is 9.35. The van der Waals surface area contributed by atoms with Crippen molar-refractivity contribution in [3.63, 3.8) is 0 Å². The first kappa shape index (κ1) is 10.7. The zero-order chi connectivity index (χ0) is 11.5. The molecule has 0 aliphatic heterocycles. The van der Waals surface area contributed by atoms with Gasteiger partial charge < -0.3 is 10.3 Å². The summed E-state index contributed by atoms with van der Waals surface area (Å²) in [5.41, 5.74) is 8.19. The monoisotopic (exact) mass is 213 g/mol. The number of benzene rings is 1. The van der Waals surface area contributed by atoms with Gasteiger partial charge in [-0.3, -0.25) is 0 Å². The minimum atomic E-state index is 0.157. The van der Waals surface area contributed by atoms with Crippen molar-refractivity contribution in [3.05, 3.63) is 36.0 Å². The fraction of sp³-hybridized carbons (Fsp3) is 0.308. The normalized spacial score (nSPS) is 12.6. The van der Waals surface area contributed by atoms with Crippen LogP contribution in [0, 0.1) is 11.3 Å². The summed E-state index contributed by atoms with van der Waals surface area (Å²) in [5.74, 6) is 0. The molecule has 0 spiro atoms. The van der Waals surface area contributed by atoms with Gasteiger partial charge in [-0.05, 0) is 31.0 Å². The van der Waals surface area contributed by atoms with Gasteiger partial charge in [-0.1, -0.05) is 12.1 Å². The van der Waals surface area contributed by atoms with E-state index in [4.69, 9.17) is 11.0 Å². The third-order valence-electron chi connectivity index (χ3n) is 2.69. The molecule has 1 aromatic carbocycles. The van der Waals surface area contributed by atoms with Crippen LogP contribution in [0.4, 0.5) is 0 Å². The van der Waals surface area contributed by atoms with E-state index in [-0.39, 0.29) is 6.04 Å². The Bertz CT molecular complexity index is 532. The van der Waals surface area contributed by atoms with E-state index < -0.39 is 0 Å². The molecule has 0 amide bonds. The fourth-order valence-corrected chi connectivity index (χ4v) is 2.03. The molecule has 3 heteroatoms. The first-order chi connectivity index (χ1) is 7.72. The molecular weight excluding hydrogens is 198 g/mol. The number of rotatable bonds is 3. The van der Waals surface area contributed by atoms with E-state index in [0.717, 1.165) is 11.9 Å². The Morgan fingerprint density at radius 1 is 1.44 bits per heavy atom. The lowest BCUT2D eigenvalue weighted by atomic mass is 10.0. The summed E-state index contributed by atoms with van der Waals surface area (Å²) in [6.45, 7) is 2.40. The van der Waals surface area contributed by atoms with Gasteiger partial charge in [0.25, 0.3) is 0 Å². The topological polar surface area (TPSA) is 54.7 Å². The Morgan fingerprint density at radius 3 is 2.94 bits per heavy atom. The molecule has 1 atom stereocenters. The van der Waals surface area contributed by atoms with Crippen molar-refractivity contribution in [3.8, 4) is 6.07 Å². The van der Waals surface area contributed by atoms with Crippen molar-refractivity contribution in [2.24, 2.45) is 5.73 Å². The molecule has 0 bridgehead atoms. The third-order valence-corrected chi connectivity index (χ3v) is 2.69. The summed E-state index contributed by atoms with van der Waals surface area (Å²) in [6, 6.07) is 10.5. The van der Waals surface area contributed by atoms with E-state index in [2.05, 4.69) is 18.2 Å². The highest BCUT2D eigenvalue weighted by atomic mass is 14.9. The Morgan fingerprint density at radius 2 is 2.25 bits per heavy atom. The van der Waals surface area contributed by atoms with Gasteiger partial charge in [-0.25, -0.2) is 0 Å². The standard InChI is InChI=1S/C13H15N3/c1-10(15)9-11-3-2-4-13-12(11)5-7-16(13)8-6-14/h2-5,7,10H,8-9,15H2,1H3. The highest BCUT2D eigenvalue weighted by Gasteiger charge is 2.06. The number of fused-ring (bicyclic) bond motifs is 1. The summed E-state index contributed by atoms with van der Waals surface area (Å²) in [5, 5.41) is 9.93. The van der Waals surface area contributed by atoms with E-state index in [1.165, 1.54) is 10.9 Å². The van der Waals surface area contributed by atoms with Crippen molar-refractivity contribution >= 4 is 10.9 Å². The van der Waals surface area contributed by atoms with E-state index in [1.807, 2.05) is 29.8 Å². The van der Waals surface area contributed by atoms with E-state index in [0.29, 0.717) is 6.54 Å². The average molecular weight is 213 g/mol. The van der Waals surface area contributed by atoms with Gasteiger partial charge in [0.1, 0.15) is 6.54 Å². The van der Waals surface area contributed by atoms with Gasteiger partial charge in [-0.15, -0.1) is 0 Å². The van der Waals surface area contributed by atoms with Crippen LogP contribution in [0.2, 0.25) is 0 Å². The predicted octanol–water partition coefficient (Wildman–Crippen LogP) is 2.05. The molecule has 2 N–H and O–H groups in total. The van der Waals surface area contributed by atoms with Gasteiger partial charge in [0.2, 0.25) is 0 Å². The molecule has 82 valence electrons. The highest BCUT2D eigenvalue weighted by Crippen LogP contribution is 2.21. The van der Waals surface area contributed by atoms with Crippen molar-refractivity contribution < 1.29 is 0 Å². The molecule has 2 aromatic rings. The minimum absolute atomic E-state index is 0.157. The van der Waals surface area contributed by atoms with Crippen LogP contribution in [-0.2, 0) is 13.0 Å². The second-order valence-corrected chi connectivity index (χ2v) is 4.13. The predicted molar refractivity (Wildman–Crippen MR) is 64.9 cm³/mol. The van der Waals surface area contributed by atoms with Gasteiger partial charge in [0.05, 0.1) is 6.07 Å². The molecule has 2 rings (SSSR count). The molecule has 1 heterocycles. The molecule has 0 saturated heterocycles. The lowest BCUT2D eigenvalue weighted by Gasteiger charge is -2.07. The molecule has 0 saturated carbocycles. The zero-order valence-corrected chi connectivity index (χ0v) is 9.35. The molecule has 3 nitrogen and oxygen atoms in total. The molecule has 16 heavy (non-hydrogen) atoms. The highest BCUT2D eigenvalue weighted by molar-refractivity contribution is 5.83. The largest absolute Gasteiger partial charge is 0.334 e. The van der Waals surface area contributed by atoms with Crippen molar-refractivity contribution in [1.82, 2.24) is 4.57 Å². The molecule has 0 aliphatic rings. The van der Waals surface area contributed by atoms with Crippen molar-refractivity contribution in [2.75, 3.05) is 0 Å². The van der Waals surface area contributed by atoms with Gasteiger partial charge in [0, 0.05) is 23.1 Å². The van der Waals surface area contributed by atoms with Crippen LogP contribution < -0.4 is 5.73 Å². The Balaban J connectivity index is 2.49. The summed E-state index contributed by atoms with van der Waals surface area (Å²) in [7, 11) is 0. The maximum absolute atomic E-state index is 8.72. The number of aromatic nitrogens is 1. The summed E-state index contributed by atoms with van der Waals surface area (Å²) < 4.78 is 1.96. The quantitative estimate of drug-likeness (QED) is 0.848. The minimum Gasteiger partial charge on any atom is -0.334 e. The van der Waals surface area contributed by atoms with E-state index >= 15 is 0 Å². The van der Waals surface area contributed by atoms with Gasteiger partial charge >= 0.3 is 0 Å². The average Bonchev–Trinajstić information content (AvgIpc) is 2.63. The van der Waals surface area contributed by atoms with E-state index in [9.17, 15) is 0 Å². The lowest BCUT2D eigenvalue weighted by molar-refractivity contribution is 0.741. The van der Waals surface area contributed by atoms with Crippen molar-refractivity contribution in [1.29, 1.82) is 5.26 Å². The first-order valence-corrected chi connectivity index (χ1v) is 5.41. The Hall–Kier alpha value is -1.79. The number of nitriles is 1. The van der Waals surface area contributed by atoms with Crippen LogP contribution in [0.3, 0.4) is 0 Å². The van der Waals surface area contributed by atoms with Gasteiger partial charge in [0.15, 0.2) is 0 Å². The number of hydrogen-bond donors (Lipinski definition) is 1. The summed E-state index contributed by atoms with van der Waals surface area (Å²) in [6.07, 6.45) is 2.83. The van der Waals surface area contributed by atoms with Crippen LogP contribution in [0.1, 0.15) is 12.5 Å². The number of nitrogens with zero attached hydrogens (tertiary/aromatic N) is 2. The second kappa shape index (κ2) is 4.38. The second-order valence-electron chi connectivity index (χ2n) is 4.13. The van der Waals surface area contributed by atoms with Crippen LogP contribution in [-0.4, -0.2) is 10.6 Å². The van der Waals surface area contributed by atoms with Crippen LogP contribution >= 0.6 is 0 Å². The van der Waals surface area contributed by atoms with E-state index in [1.54, 1.807) is 0 Å². The summed E-state index contributed by atoms with van der Waals surface area (Å²) >= 11 is 0. The van der Waals surface area contributed by atoms with Crippen molar-refractivity contribution in [2.45, 2.75) is 25.9 Å². The molecule has 0 radical (unpaired) electrons. The molecule has 0 aliphatic carbocycles. The fourth-order valence-electron chi connectivity index (χ4n) is 2.03. The molecule has 0 fully saturated rings. The number of nitrogens with two attached hydrogens (primary N) is 1. The smallest absolute Gasteiger partial charge is 0.110 e. The van der Waals surface area contributed by atoms with Crippen LogP contribution in [0.5, 0.6) is 0 Å².